The largest absolute Gasteiger partial charge is 0.412 e. The van der Waals surface area contributed by atoms with Crippen LogP contribution in [-0.2, 0) is 0 Å². The summed E-state index contributed by atoms with van der Waals surface area (Å²) in [4.78, 5) is 0. The Morgan fingerprint density at radius 3 is 1.20 bits per heavy atom. The van der Waals surface area contributed by atoms with Gasteiger partial charge >= 0.3 is 0 Å². The Bertz CT molecular complexity index is 6.85. The van der Waals surface area contributed by atoms with Gasteiger partial charge in [0.25, 0.3) is 0 Å². The van der Waals surface area contributed by atoms with Crippen LogP contribution < -0.4 is 0 Å². The van der Waals surface area contributed by atoms with Crippen molar-refractivity contribution in [2.75, 3.05) is 5.34 Å². The number of halogens is 3. The third kappa shape index (κ3) is 56.2. The Balaban J connectivity index is -0.0000000200. The zero-order valence-electron chi connectivity index (χ0n) is 2.37. The van der Waals surface area contributed by atoms with E-state index in [4.69, 9.17) is 23.2 Å². The van der Waals surface area contributed by atoms with Gasteiger partial charge in [-0.25, -0.2) is 0 Å². The van der Waals surface area contributed by atoms with E-state index in [0.29, 0.717) is 0 Å². The summed E-state index contributed by atoms with van der Waals surface area (Å²) < 4.78 is 0. The van der Waals surface area contributed by atoms with Crippen LogP contribution in [0.4, 0.5) is 0 Å². The van der Waals surface area contributed by atoms with Gasteiger partial charge in [-0.3, -0.25) is 0 Å². The quantitative estimate of drug-likeness (QED) is 0.449. The van der Waals surface area contributed by atoms with Gasteiger partial charge in [-0.05, 0) is 0 Å². The topological polar surface area (TPSA) is 31.5 Å². The van der Waals surface area contributed by atoms with Gasteiger partial charge in [-0.15, -0.1) is 35.6 Å². The lowest BCUT2D eigenvalue weighted by Crippen LogP contribution is -1.24. The molecular formula is CH5Cl3O. The Hall–Kier alpha value is 0.830. The molecule has 0 heterocycles. The van der Waals surface area contributed by atoms with Gasteiger partial charge in [0.2, 0.25) is 0 Å². The maximum absolute atomic E-state index is 4.76. The molecule has 0 rings (SSSR count). The van der Waals surface area contributed by atoms with Crippen LogP contribution in [0.2, 0.25) is 0 Å². The monoisotopic (exact) mass is 138 g/mol. The molecule has 36 valence electrons. The van der Waals surface area contributed by atoms with Gasteiger partial charge in [0, 0.05) is 0 Å². The Labute approximate surface area is 47.0 Å². The summed E-state index contributed by atoms with van der Waals surface area (Å²) in [5.74, 6) is 0. The second-order valence-corrected chi connectivity index (χ2v) is 0.909. The van der Waals surface area contributed by atoms with Gasteiger partial charge < -0.3 is 5.48 Å². The lowest BCUT2D eigenvalue weighted by molar-refractivity contribution is 0.824. The minimum atomic E-state index is 0. The molecule has 0 aromatic carbocycles. The predicted octanol–water partition coefficient (Wildman–Crippen LogP) is 1.02. The molecule has 0 fully saturated rings. The SMILES string of the molecule is Cl.ClCCl.O. The zero-order chi connectivity index (χ0) is 2.71. The van der Waals surface area contributed by atoms with E-state index >= 15 is 0 Å². The summed E-state index contributed by atoms with van der Waals surface area (Å²) in [5, 5.41) is 0.194. The van der Waals surface area contributed by atoms with Gasteiger partial charge in [0.05, 0.1) is 5.34 Å². The molecule has 0 bridgehead atoms. The van der Waals surface area contributed by atoms with Crippen molar-refractivity contribution in [1.82, 2.24) is 0 Å². The van der Waals surface area contributed by atoms with Crippen LogP contribution in [0.3, 0.4) is 0 Å². The molecule has 0 saturated heterocycles. The Morgan fingerprint density at radius 1 is 1.20 bits per heavy atom. The highest BCUT2D eigenvalue weighted by Crippen LogP contribution is 1.73. The molecule has 0 spiro atoms. The normalized spacial score (nSPS) is 3.60. The molecule has 0 saturated carbocycles. The van der Waals surface area contributed by atoms with Gasteiger partial charge in [-0.1, -0.05) is 0 Å². The second-order valence-electron chi connectivity index (χ2n) is 0.101. The van der Waals surface area contributed by atoms with Crippen molar-refractivity contribution in [3.8, 4) is 0 Å². The molecule has 0 atom stereocenters. The second kappa shape index (κ2) is 21.2. The highest BCUT2D eigenvalue weighted by molar-refractivity contribution is 6.40. The van der Waals surface area contributed by atoms with Crippen LogP contribution in [-0.4, -0.2) is 10.8 Å². The first-order valence-corrected chi connectivity index (χ1v) is 1.60. The first kappa shape index (κ1) is 17.0. The van der Waals surface area contributed by atoms with Crippen molar-refractivity contribution in [2.45, 2.75) is 0 Å². The van der Waals surface area contributed by atoms with Crippen LogP contribution in [0.5, 0.6) is 0 Å². The van der Waals surface area contributed by atoms with Crippen LogP contribution >= 0.6 is 35.6 Å². The predicted molar refractivity (Wildman–Crippen MR) is 27.4 cm³/mol. The molecule has 0 aromatic rings. The van der Waals surface area contributed by atoms with Crippen molar-refractivity contribution >= 4 is 35.6 Å². The third-order valence-corrected chi connectivity index (χ3v) is 0. The summed E-state index contributed by atoms with van der Waals surface area (Å²) >= 11 is 9.53. The van der Waals surface area contributed by atoms with E-state index in [-0.39, 0.29) is 23.2 Å². The summed E-state index contributed by atoms with van der Waals surface area (Å²) in [6.45, 7) is 0. The van der Waals surface area contributed by atoms with E-state index in [2.05, 4.69) is 0 Å². The van der Waals surface area contributed by atoms with Gasteiger partial charge in [-0.2, -0.15) is 0 Å². The highest BCUT2D eigenvalue weighted by Gasteiger charge is 1.41. The molecule has 0 amide bonds. The van der Waals surface area contributed by atoms with Crippen molar-refractivity contribution < 1.29 is 5.48 Å². The molecule has 0 radical (unpaired) electrons. The van der Waals surface area contributed by atoms with E-state index < -0.39 is 0 Å². The van der Waals surface area contributed by atoms with E-state index in [1.54, 1.807) is 0 Å². The summed E-state index contributed by atoms with van der Waals surface area (Å²) in [7, 11) is 0. The van der Waals surface area contributed by atoms with E-state index in [0.717, 1.165) is 0 Å². The van der Waals surface area contributed by atoms with Gasteiger partial charge in [0.15, 0.2) is 0 Å². The van der Waals surface area contributed by atoms with Crippen molar-refractivity contribution in [3.63, 3.8) is 0 Å². The smallest absolute Gasteiger partial charge is 0.0967 e. The fourth-order valence-corrected chi connectivity index (χ4v) is 0. The summed E-state index contributed by atoms with van der Waals surface area (Å²) in [6.07, 6.45) is 0. The maximum atomic E-state index is 4.76. The molecule has 1 nitrogen and oxygen atoms in total. The van der Waals surface area contributed by atoms with Gasteiger partial charge in [0.1, 0.15) is 0 Å². The molecule has 0 unspecified atom stereocenters. The first-order valence-electron chi connectivity index (χ1n) is 0.535. The molecule has 0 aromatic heterocycles. The Kier molecular flexibility index (Phi) is 71.9. The van der Waals surface area contributed by atoms with Crippen LogP contribution in [0.15, 0.2) is 0 Å². The van der Waals surface area contributed by atoms with Crippen LogP contribution in [0.1, 0.15) is 0 Å². The van der Waals surface area contributed by atoms with Crippen molar-refractivity contribution in [1.29, 1.82) is 0 Å². The van der Waals surface area contributed by atoms with Crippen LogP contribution in [0, 0.1) is 0 Å². The van der Waals surface area contributed by atoms with Crippen LogP contribution in [0.25, 0.3) is 0 Å². The molecule has 0 aliphatic rings. The fraction of sp³-hybridized carbons (Fsp3) is 1.00. The van der Waals surface area contributed by atoms with E-state index in [1.807, 2.05) is 0 Å². The number of rotatable bonds is 0. The number of hydrogen-bond donors (Lipinski definition) is 0. The lowest BCUT2D eigenvalue weighted by atomic mass is 11.9. The standard InChI is InChI=1S/CH2Cl2.ClH.H2O/c2-1-3;;/h1H2;1H;1H2. The van der Waals surface area contributed by atoms with E-state index in [9.17, 15) is 0 Å². The third-order valence-electron chi connectivity index (χ3n) is 0. The maximum Gasteiger partial charge on any atom is 0.0967 e. The Morgan fingerprint density at radius 2 is 1.20 bits per heavy atom. The highest BCUT2D eigenvalue weighted by atomic mass is 35.5. The molecular weight excluding hydrogens is 134 g/mol. The molecule has 4 heteroatoms. The van der Waals surface area contributed by atoms with Crippen molar-refractivity contribution in [2.24, 2.45) is 0 Å². The zero-order valence-corrected chi connectivity index (χ0v) is 4.70. The minimum Gasteiger partial charge on any atom is -0.412 e. The molecule has 2 N–H and O–H groups in total. The fourth-order valence-electron chi connectivity index (χ4n) is 0. The average molecular weight is 139 g/mol. The number of hydrogen-bond acceptors (Lipinski definition) is 0. The van der Waals surface area contributed by atoms with Crippen molar-refractivity contribution in [3.05, 3.63) is 0 Å². The average Bonchev–Trinajstić information content (AvgIpc) is 0.918. The summed E-state index contributed by atoms with van der Waals surface area (Å²) in [6, 6.07) is 0. The first-order chi connectivity index (χ1) is 1.41. The number of alkyl halides is 2. The molecule has 0 aliphatic carbocycles. The van der Waals surface area contributed by atoms with E-state index in [1.165, 1.54) is 0 Å². The lowest BCUT2D eigenvalue weighted by Gasteiger charge is -1.42. The molecule has 0 aliphatic heterocycles. The molecule has 5 heavy (non-hydrogen) atoms. The summed E-state index contributed by atoms with van der Waals surface area (Å²) in [5.41, 5.74) is 0. The minimum absolute atomic E-state index is 0.